The second-order valence-electron chi connectivity index (χ2n) is 24.5. The van der Waals surface area contributed by atoms with Gasteiger partial charge in [0.2, 0.25) is 0 Å². The number of hydrogen-bond donors (Lipinski definition) is 1. The van der Waals surface area contributed by atoms with Crippen LogP contribution in [-0.2, 0) is 17.9 Å². The summed E-state index contributed by atoms with van der Waals surface area (Å²) >= 11 is 0. The van der Waals surface area contributed by atoms with Gasteiger partial charge in [0.15, 0.2) is 0 Å². The topological polar surface area (TPSA) is 20.2 Å². The maximum Gasteiger partial charge on any atom is 0.0736 e. The van der Waals surface area contributed by atoms with Crippen molar-refractivity contribution in [2.45, 2.75) is 76.8 Å². The summed E-state index contributed by atoms with van der Waals surface area (Å²) in [6.07, 6.45) is 15.5. The van der Waals surface area contributed by atoms with E-state index in [0.717, 1.165) is 12.1 Å². The third-order valence-corrected chi connectivity index (χ3v) is 17.8. The minimum Gasteiger partial charge on any atom is -0.378 e. The first-order chi connectivity index (χ1) is 38.4. The summed E-state index contributed by atoms with van der Waals surface area (Å²) in [4.78, 5) is 2.67. The van der Waals surface area contributed by atoms with Crippen molar-refractivity contribution >= 4 is 44.4 Å². The first-order valence-electron chi connectivity index (χ1n) is 28.4. The number of nitrogens with zero attached hydrogens (tertiary/aromatic N) is 2. The molecule has 9 aromatic carbocycles. The van der Waals surface area contributed by atoms with Crippen molar-refractivity contribution in [3.8, 4) is 33.4 Å². The average molecular weight is 1020 g/mol. The number of para-hydroxylation sites is 1. The lowest BCUT2D eigenvalue weighted by atomic mass is 9.69. The molecule has 1 heterocycles. The molecule has 386 valence electrons. The zero-order valence-electron chi connectivity index (χ0n) is 46.4. The smallest absolute Gasteiger partial charge is 0.0736 e. The molecule has 3 nitrogen and oxygen atoms in total. The average Bonchev–Trinajstić information content (AvgIpc) is 2.55. The Balaban J connectivity index is 1.03. The summed E-state index contributed by atoms with van der Waals surface area (Å²) in [6, 6.07) is 78.1. The van der Waals surface area contributed by atoms with Gasteiger partial charge in [0.1, 0.15) is 0 Å². The first kappa shape index (κ1) is 48.7. The summed E-state index contributed by atoms with van der Waals surface area (Å²) < 4.78 is 2.48. The molecule has 1 spiro atoms. The van der Waals surface area contributed by atoms with E-state index in [0.29, 0.717) is 0 Å². The van der Waals surface area contributed by atoms with E-state index in [9.17, 15) is 0 Å². The number of rotatable bonds is 8. The Hall–Kier alpha value is -8.66. The van der Waals surface area contributed by atoms with Gasteiger partial charge in [-0.05, 0) is 137 Å². The highest BCUT2D eigenvalue weighted by molar-refractivity contribution is 6.22. The number of hydrogen-bond acceptors (Lipinski definition) is 2. The molecule has 3 heteroatoms. The molecular weight excluding hydrogens is 955 g/mol. The fraction of sp³-hybridized carbons (Fsp3) is 0.184. The quantitative estimate of drug-likeness (QED) is 0.164. The highest BCUT2D eigenvalue weighted by Gasteiger charge is 2.53. The van der Waals surface area contributed by atoms with Gasteiger partial charge < -0.3 is 14.8 Å². The summed E-state index contributed by atoms with van der Waals surface area (Å²) in [5.41, 5.74) is 24.9. The minimum atomic E-state index is -0.625. The van der Waals surface area contributed by atoms with Crippen LogP contribution in [0.25, 0.3) is 60.8 Å². The minimum absolute atomic E-state index is 0.00323. The van der Waals surface area contributed by atoms with Crippen molar-refractivity contribution in [1.29, 1.82) is 0 Å². The summed E-state index contributed by atoms with van der Waals surface area (Å²) in [5.74, 6) is 0.0204. The van der Waals surface area contributed by atoms with E-state index in [-0.39, 0.29) is 28.8 Å². The number of fused-ring (bicyclic) bond motifs is 14. The zero-order valence-corrected chi connectivity index (χ0v) is 46.4. The SMILES string of the molecule is Cn1c2ccccc2c2c3c(cc(N(c4ccc(-c5ccccc5)cc4)C4C=CC(C(C)(C)C)=CC4)c21)C1(c2ccccc2-c2ccccc21)c1cc(C2C=C(c4ccccc4)C=CC2Nc2ccc(C(C)(C)C)cc2)ccc1-3. The van der Waals surface area contributed by atoms with Crippen LogP contribution in [0.4, 0.5) is 17.1 Å². The Morgan fingerprint density at radius 3 is 1.84 bits per heavy atom. The third kappa shape index (κ3) is 7.83. The number of benzene rings is 9. The number of allylic oxidation sites excluding steroid dienone is 4. The molecule has 1 N–H and O–H groups in total. The predicted molar refractivity (Wildman–Crippen MR) is 335 cm³/mol. The van der Waals surface area contributed by atoms with Gasteiger partial charge in [-0.25, -0.2) is 0 Å². The Morgan fingerprint density at radius 2 is 1.18 bits per heavy atom. The molecule has 4 aliphatic rings. The van der Waals surface area contributed by atoms with Gasteiger partial charge in [0, 0.05) is 40.6 Å². The fourth-order valence-electron chi connectivity index (χ4n) is 13.9. The van der Waals surface area contributed by atoms with Crippen LogP contribution in [0, 0.1) is 5.41 Å². The third-order valence-electron chi connectivity index (χ3n) is 17.8. The lowest BCUT2D eigenvalue weighted by Crippen LogP contribution is -2.32. The van der Waals surface area contributed by atoms with Crippen LogP contribution < -0.4 is 10.2 Å². The standard InChI is InChI=1S/C76H67N3/c1-74(2,3)54-34-38-56(39-35-54)77-68-45-33-52(50-22-12-9-13-23-50)46-63(68)53-32-44-61-66(47-53)76(64-27-17-14-24-59(64)60-25-15-18-28-65(60)76)67-48-70(73-72(71(61)67)62-26-16-19-29-69(62)78(73)7)79(58-42-36-55(37-43-58)75(4,5)6)57-40-30-51(31-41-57)49-20-10-8-11-21-49/h8-42,44-48,58,63,68,77H,43H2,1-7H3. The lowest BCUT2D eigenvalue weighted by molar-refractivity contribution is 0.510. The van der Waals surface area contributed by atoms with Gasteiger partial charge in [-0.2, -0.15) is 0 Å². The Morgan fingerprint density at radius 1 is 0.544 bits per heavy atom. The van der Waals surface area contributed by atoms with Crippen LogP contribution >= 0.6 is 0 Å². The van der Waals surface area contributed by atoms with Crippen LogP contribution in [0.2, 0.25) is 0 Å². The van der Waals surface area contributed by atoms with E-state index < -0.39 is 5.41 Å². The van der Waals surface area contributed by atoms with Crippen LogP contribution in [-0.4, -0.2) is 16.7 Å². The molecule has 0 saturated heterocycles. The molecule has 0 amide bonds. The highest BCUT2D eigenvalue weighted by atomic mass is 15.2. The molecule has 3 unspecified atom stereocenters. The highest BCUT2D eigenvalue weighted by Crippen LogP contribution is 2.66. The molecule has 4 aliphatic carbocycles. The number of nitrogens with one attached hydrogen (secondary N) is 1. The van der Waals surface area contributed by atoms with Crippen molar-refractivity contribution in [3.63, 3.8) is 0 Å². The van der Waals surface area contributed by atoms with Gasteiger partial charge in [-0.1, -0.05) is 248 Å². The number of aromatic nitrogens is 1. The molecule has 1 aromatic heterocycles. The molecule has 0 radical (unpaired) electrons. The van der Waals surface area contributed by atoms with Crippen molar-refractivity contribution < 1.29 is 0 Å². The predicted octanol–water partition coefficient (Wildman–Crippen LogP) is 19.3. The molecular formula is C76H67N3. The van der Waals surface area contributed by atoms with E-state index >= 15 is 0 Å². The van der Waals surface area contributed by atoms with Gasteiger partial charge in [0.05, 0.1) is 28.7 Å². The molecule has 0 bridgehead atoms. The molecule has 14 rings (SSSR count). The Kier molecular flexibility index (Phi) is 11.4. The zero-order chi connectivity index (χ0) is 53.8. The second-order valence-corrected chi connectivity index (χ2v) is 24.5. The molecule has 3 atom stereocenters. The van der Waals surface area contributed by atoms with Gasteiger partial charge >= 0.3 is 0 Å². The van der Waals surface area contributed by atoms with Gasteiger partial charge in [0.25, 0.3) is 0 Å². The Bertz CT molecular complexity index is 4110. The van der Waals surface area contributed by atoms with Crippen molar-refractivity contribution in [2.24, 2.45) is 12.5 Å². The molecule has 10 aromatic rings. The largest absolute Gasteiger partial charge is 0.378 e. The Labute approximate surface area is 466 Å². The summed E-state index contributed by atoms with van der Waals surface area (Å²) in [5, 5.41) is 6.62. The van der Waals surface area contributed by atoms with Crippen molar-refractivity contribution in [3.05, 3.63) is 287 Å². The normalized spacial score (nSPS) is 17.8. The summed E-state index contributed by atoms with van der Waals surface area (Å²) in [7, 11) is 2.29. The van der Waals surface area contributed by atoms with E-state index in [1.54, 1.807) is 0 Å². The van der Waals surface area contributed by atoms with Gasteiger partial charge in [-0.3, -0.25) is 0 Å². The monoisotopic (exact) mass is 1020 g/mol. The van der Waals surface area contributed by atoms with E-state index in [2.05, 4.69) is 306 Å². The fourth-order valence-corrected chi connectivity index (χ4v) is 13.9. The van der Waals surface area contributed by atoms with Crippen molar-refractivity contribution in [2.75, 3.05) is 10.2 Å². The number of anilines is 3. The maximum atomic E-state index is 4.05. The number of aryl methyl sites for hydroxylation is 1. The lowest BCUT2D eigenvalue weighted by Gasteiger charge is -2.37. The van der Waals surface area contributed by atoms with Gasteiger partial charge in [-0.15, -0.1) is 0 Å². The molecule has 0 fully saturated rings. The van der Waals surface area contributed by atoms with E-state index in [1.165, 1.54) is 117 Å². The van der Waals surface area contributed by atoms with Crippen LogP contribution in [0.3, 0.4) is 0 Å². The van der Waals surface area contributed by atoms with Crippen LogP contribution in [0.5, 0.6) is 0 Å². The van der Waals surface area contributed by atoms with E-state index in [4.69, 9.17) is 0 Å². The molecule has 0 saturated carbocycles. The molecule has 79 heavy (non-hydrogen) atoms. The maximum absolute atomic E-state index is 4.05. The van der Waals surface area contributed by atoms with Crippen molar-refractivity contribution in [1.82, 2.24) is 4.57 Å². The first-order valence-corrected chi connectivity index (χ1v) is 28.4. The van der Waals surface area contributed by atoms with Crippen LogP contribution in [0.15, 0.2) is 248 Å². The van der Waals surface area contributed by atoms with Crippen LogP contribution in [0.1, 0.15) is 92.8 Å². The summed E-state index contributed by atoms with van der Waals surface area (Å²) in [6.45, 7) is 13.8. The van der Waals surface area contributed by atoms with E-state index in [1.807, 2.05) is 0 Å². The molecule has 0 aliphatic heterocycles. The second kappa shape index (κ2) is 18.5.